The van der Waals surface area contributed by atoms with Crippen molar-refractivity contribution in [3.8, 4) is 0 Å². The second-order valence-corrected chi connectivity index (χ2v) is 13.9. The van der Waals surface area contributed by atoms with Crippen LogP contribution in [0.2, 0.25) is 0 Å². The molecule has 4 aliphatic rings. The first-order chi connectivity index (χ1) is 15.3. The van der Waals surface area contributed by atoms with Crippen LogP contribution in [0.4, 0.5) is 8.78 Å². The smallest absolute Gasteiger partial charge is 0.455 e. The zero-order valence-corrected chi connectivity index (χ0v) is 19.9. The molecule has 0 unspecified atom stereocenters. The number of benzene rings is 1. The van der Waals surface area contributed by atoms with E-state index in [9.17, 15) is 30.4 Å². The molecular weight excluding hydrogens is 476 g/mol. The van der Waals surface area contributed by atoms with Gasteiger partial charge < -0.3 is 4.74 Å². The normalized spacial score (nSPS) is 29.3. The van der Waals surface area contributed by atoms with E-state index in [0.717, 1.165) is 50.7 Å². The molecule has 5 rings (SSSR count). The molecule has 182 valence electrons. The second-order valence-electron chi connectivity index (χ2n) is 9.67. The highest BCUT2D eigenvalue weighted by atomic mass is 32.3. The van der Waals surface area contributed by atoms with Gasteiger partial charge in [-0.05, 0) is 74.0 Å². The van der Waals surface area contributed by atoms with Gasteiger partial charge in [-0.3, -0.25) is 0 Å². The summed E-state index contributed by atoms with van der Waals surface area (Å²) in [6, 6.07) is 4.83. The summed E-state index contributed by atoms with van der Waals surface area (Å²) in [5.41, 5.74) is 0.160. The molecule has 0 spiro atoms. The van der Waals surface area contributed by atoms with Gasteiger partial charge in [0.15, 0.2) is 0 Å². The van der Waals surface area contributed by atoms with Crippen LogP contribution in [0.1, 0.15) is 44.1 Å². The molecule has 11 heteroatoms. The van der Waals surface area contributed by atoms with E-state index in [-0.39, 0.29) is 6.61 Å². The summed E-state index contributed by atoms with van der Waals surface area (Å²) in [5.74, 6) is -0.781. The fourth-order valence-electron chi connectivity index (χ4n) is 6.09. The Morgan fingerprint density at radius 3 is 2.03 bits per heavy atom. The highest BCUT2D eigenvalue weighted by Gasteiger charge is 2.60. The van der Waals surface area contributed by atoms with Crippen LogP contribution in [0.3, 0.4) is 0 Å². The van der Waals surface area contributed by atoms with Gasteiger partial charge in [-0.2, -0.15) is 8.78 Å². The molecule has 4 fully saturated rings. The van der Waals surface area contributed by atoms with Crippen LogP contribution < -0.4 is 0 Å². The van der Waals surface area contributed by atoms with E-state index in [2.05, 4.69) is 6.58 Å². The Balaban J connectivity index is 1.50. The number of rotatable bonds is 8. The fraction of sp³-hybridized carbons (Fsp3) is 0.591. The van der Waals surface area contributed by atoms with Gasteiger partial charge in [0.1, 0.15) is 0 Å². The Labute approximate surface area is 192 Å². The summed E-state index contributed by atoms with van der Waals surface area (Å²) in [5, 5.41) is -5.06. The minimum atomic E-state index is -5.92. The largest absolute Gasteiger partial charge is 0.460 e. The summed E-state index contributed by atoms with van der Waals surface area (Å²) in [6.07, 6.45) is 7.08. The number of halogens is 2. The van der Waals surface area contributed by atoms with Crippen molar-refractivity contribution in [3.63, 3.8) is 0 Å². The number of hydrogen-bond acceptors (Lipinski definition) is 6. The van der Waals surface area contributed by atoms with Gasteiger partial charge >= 0.3 is 21.2 Å². The number of nitrogens with zero attached hydrogens (tertiary/aromatic N) is 1. The third-order valence-electron chi connectivity index (χ3n) is 7.33. The summed E-state index contributed by atoms with van der Waals surface area (Å²) in [4.78, 5) is 11.8. The number of sulfonamides is 2. The molecule has 0 heterocycles. The number of carbonyl (C=O) groups is 1. The van der Waals surface area contributed by atoms with Gasteiger partial charge in [0.25, 0.3) is 10.0 Å². The van der Waals surface area contributed by atoms with Gasteiger partial charge in [0, 0.05) is 12.5 Å². The first-order valence-electron chi connectivity index (χ1n) is 10.8. The average molecular weight is 504 g/mol. The molecule has 1 aromatic rings. The molecule has 4 saturated carbocycles. The van der Waals surface area contributed by atoms with E-state index in [0.29, 0.717) is 30.4 Å². The van der Waals surface area contributed by atoms with E-state index < -0.39 is 45.3 Å². The summed E-state index contributed by atoms with van der Waals surface area (Å²) >= 11 is 0. The van der Waals surface area contributed by atoms with Crippen molar-refractivity contribution in [3.05, 3.63) is 36.4 Å². The number of alkyl halides is 2. The minimum Gasteiger partial charge on any atom is -0.460 e. The Kier molecular flexibility index (Phi) is 5.98. The van der Waals surface area contributed by atoms with Crippen LogP contribution in [-0.4, -0.2) is 45.4 Å². The Morgan fingerprint density at radius 1 is 1.09 bits per heavy atom. The zero-order chi connectivity index (χ0) is 24.2. The van der Waals surface area contributed by atoms with Crippen LogP contribution >= 0.6 is 0 Å². The first-order valence-corrected chi connectivity index (χ1v) is 13.7. The van der Waals surface area contributed by atoms with Crippen molar-refractivity contribution < 1.29 is 35.1 Å². The summed E-state index contributed by atoms with van der Waals surface area (Å²) < 4.78 is 84.4. The summed E-state index contributed by atoms with van der Waals surface area (Å²) in [6.45, 7) is 3.24. The topological polar surface area (TPSA) is 97.8 Å². The van der Waals surface area contributed by atoms with E-state index in [1.807, 2.05) is 0 Å². The van der Waals surface area contributed by atoms with Crippen molar-refractivity contribution in [1.29, 1.82) is 0 Å². The predicted molar refractivity (Wildman–Crippen MR) is 117 cm³/mol. The maximum atomic E-state index is 14.8. The quantitative estimate of drug-likeness (QED) is 0.503. The first kappa shape index (κ1) is 24.3. The molecule has 0 N–H and O–H groups in total. The monoisotopic (exact) mass is 503 g/mol. The number of esters is 1. The zero-order valence-electron chi connectivity index (χ0n) is 18.2. The molecular formula is C22H27F2NO6S2. The Hall–Kier alpha value is -1.85. The average Bonchev–Trinajstić information content (AvgIpc) is 2.75. The molecule has 0 saturated heterocycles. The van der Waals surface area contributed by atoms with Gasteiger partial charge in [-0.1, -0.05) is 28.5 Å². The number of ether oxygens (including phenoxy) is 1. The van der Waals surface area contributed by atoms with E-state index in [4.69, 9.17) is 4.74 Å². The van der Waals surface area contributed by atoms with Crippen molar-refractivity contribution in [2.45, 2.75) is 48.7 Å². The lowest BCUT2D eigenvalue weighted by Crippen LogP contribution is -2.51. The van der Waals surface area contributed by atoms with E-state index in [1.54, 1.807) is 0 Å². The number of carbonyl (C=O) groups excluding carboxylic acids is 1. The molecule has 4 bridgehead atoms. The van der Waals surface area contributed by atoms with Crippen molar-refractivity contribution in [1.82, 2.24) is 3.71 Å². The van der Waals surface area contributed by atoms with Crippen LogP contribution in [0.25, 0.3) is 6.08 Å². The van der Waals surface area contributed by atoms with Crippen LogP contribution in [0.15, 0.2) is 35.7 Å². The molecule has 0 radical (unpaired) electrons. The molecule has 0 aliphatic heterocycles. The van der Waals surface area contributed by atoms with E-state index in [1.165, 1.54) is 18.2 Å². The van der Waals surface area contributed by atoms with Crippen LogP contribution in [-0.2, 0) is 29.6 Å². The Morgan fingerprint density at radius 2 is 1.58 bits per heavy atom. The number of hydrogen-bond donors (Lipinski definition) is 0. The molecule has 7 nitrogen and oxygen atoms in total. The van der Waals surface area contributed by atoms with Gasteiger partial charge in [-0.25, -0.2) is 21.6 Å². The maximum absolute atomic E-state index is 14.8. The lowest BCUT2D eigenvalue weighted by Gasteiger charge is -2.56. The third-order valence-corrected chi connectivity index (χ3v) is 11.5. The second kappa shape index (κ2) is 8.13. The van der Waals surface area contributed by atoms with E-state index >= 15 is 0 Å². The van der Waals surface area contributed by atoms with Crippen molar-refractivity contribution >= 4 is 32.1 Å². The Bertz CT molecular complexity index is 1130. The van der Waals surface area contributed by atoms with Gasteiger partial charge in [0.05, 0.1) is 11.5 Å². The molecule has 0 amide bonds. The molecule has 0 aromatic heterocycles. The van der Waals surface area contributed by atoms with Gasteiger partial charge in [-0.15, -0.1) is 0 Å². The molecule has 0 atom stereocenters. The van der Waals surface area contributed by atoms with Crippen molar-refractivity contribution in [2.24, 2.45) is 23.2 Å². The third kappa shape index (κ3) is 4.12. The maximum Gasteiger partial charge on any atom is 0.455 e. The van der Waals surface area contributed by atoms with Crippen LogP contribution in [0, 0.1) is 23.2 Å². The van der Waals surface area contributed by atoms with Crippen LogP contribution in [0.5, 0.6) is 0 Å². The molecule has 33 heavy (non-hydrogen) atoms. The SMILES string of the molecule is C=Cc1ccc(S(=O)(=O)N(C)S(=O)(=O)C(F)(F)C(=O)OCC23CC4CC(CC(C4)C2)C3)cc1. The predicted octanol–water partition coefficient (Wildman–Crippen LogP) is 3.63. The lowest BCUT2D eigenvalue weighted by molar-refractivity contribution is -0.171. The van der Waals surface area contributed by atoms with Gasteiger partial charge in [0.2, 0.25) is 0 Å². The highest BCUT2D eigenvalue weighted by Crippen LogP contribution is 2.60. The molecule has 4 aliphatic carbocycles. The summed E-state index contributed by atoms with van der Waals surface area (Å²) in [7, 11) is -10.3. The lowest BCUT2D eigenvalue weighted by atomic mass is 9.50. The molecule has 1 aromatic carbocycles. The highest BCUT2D eigenvalue weighted by molar-refractivity contribution is 8.04. The minimum absolute atomic E-state index is 0.278. The standard InChI is InChI=1S/C22H27F2NO6S2/c1-3-15-4-6-19(7-5-15)32(27,28)25(2)33(29,30)22(23,24)20(26)31-14-21-11-16-8-17(12-21)10-18(9-16)13-21/h3-7,16-18H,1,8-14H2,2H3. The fourth-order valence-corrected chi connectivity index (χ4v) is 9.03. The van der Waals surface area contributed by atoms with Crippen molar-refractivity contribution in [2.75, 3.05) is 13.7 Å².